The van der Waals surface area contributed by atoms with Crippen LogP contribution in [0.3, 0.4) is 0 Å². The second-order valence-corrected chi connectivity index (χ2v) is 6.41. The Morgan fingerprint density at radius 1 is 1.08 bits per heavy atom. The number of piperazine rings is 1. The van der Waals surface area contributed by atoms with Gasteiger partial charge in [0, 0.05) is 36.9 Å². The molecule has 1 N–H and O–H groups in total. The number of halogens is 1. The second-order valence-electron chi connectivity index (χ2n) is 5.58. The molecule has 1 fully saturated rings. The largest absolute Gasteiger partial charge is 0.495 e. The summed E-state index contributed by atoms with van der Waals surface area (Å²) in [7, 11) is 1.64. The Morgan fingerprint density at radius 2 is 1.79 bits per heavy atom. The lowest BCUT2D eigenvalue weighted by atomic mass is 10.2. The number of methoxy groups -OCH3 is 1. The van der Waals surface area contributed by atoms with Gasteiger partial charge in [-0.3, -0.25) is 0 Å². The van der Waals surface area contributed by atoms with Crippen molar-refractivity contribution in [3.05, 3.63) is 53.6 Å². The number of rotatable bonds is 3. The average Bonchev–Trinajstić information content (AvgIpc) is 2.63. The van der Waals surface area contributed by atoms with Gasteiger partial charge in [0.25, 0.3) is 0 Å². The van der Waals surface area contributed by atoms with Crippen LogP contribution in [0.1, 0.15) is 0 Å². The van der Waals surface area contributed by atoms with E-state index in [1.165, 1.54) is 5.69 Å². The van der Waals surface area contributed by atoms with Crippen LogP contribution in [-0.4, -0.2) is 43.3 Å². The van der Waals surface area contributed by atoms with E-state index in [4.69, 9.17) is 28.6 Å². The minimum atomic E-state index is 0.648. The summed E-state index contributed by atoms with van der Waals surface area (Å²) in [6, 6.07) is 15.9. The summed E-state index contributed by atoms with van der Waals surface area (Å²) in [6.07, 6.45) is 0. The van der Waals surface area contributed by atoms with Crippen molar-refractivity contribution in [3.8, 4) is 5.75 Å². The van der Waals surface area contributed by atoms with Crippen molar-refractivity contribution in [3.63, 3.8) is 0 Å². The van der Waals surface area contributed by atoms with Crippen LogP contribution in [0, 0.1) is 0 Å². The smallest absolute Gasteiger partial charge is 0.173 e. The minimum absolute atomic E-state index is 0.648. The van der Waals surface area contributed by atoms with Crippen LogP contribution in [0.15, 0.2) is 48.5 Å². The molecule has 1 aliphatic rings. The van der Waals surface area contributed by atoms with Gasteiger partial charge in [0.2, 0.25) is 0 Å². The number of benzene rings is 2. The zero-order valence-corrected chi connectivity index (χ0v) is 15.1. The minimum Gasteiger partial charge on any atom is -0.495 e. The van der Waals surface area contributed by atoms with Crippen LogP contribution < -0.4 is 15.0 Å². The Bertz CT molecular complexity index is 703. The molecule has 0 spiro atoms. The molecular weight excluding hydrogens is 342 g/mol. The van der Waals surface area contributed by atoms with Crippen LogP contribution in [0.5, 0.6) is 5.75 Å². The highest BCUT2D eigenvalue weighted by molar-refractivity contribution is 7.80. The van der Waals surface area contributed by atoms with Crippen molar-refractivity contribution in [2.45, 2.75) is 0 Å². The van der Waals surface area contributed by atoms with Gasteiger partial charge in [-0.1, -0.05) is 29.8 Å². The monoisotopic (exact) mass is 361 g/mol. The predicted octanol–water partition coefficient (Wildman–Crippen LogP) is 3.87. The van der Waals surface area contributed by atoms with Crippen molar-refractivity contribution in [2.75, 3.05) is 43.5 Å². The normalized spacial score (nSPS) is 14.4. The van der Waals surface area contributed by atoms with Crippen molar-refractivity contribution >= 4 is 40.3 Å². The molecule has 0 atom stereocenters. The van der Waals surface area contributed by atoms with Gasteiger partial charge in [-0.05, 0) is 42.5 Å². The number of para-hydroxylation sites is 1. The highest BCUT2D eigenvalue weighted by atomic mass is 35.5. The Morgan fingerprint density at radius 3 is 2.46 bits per heavy atom. The molecule has 0 aromatic heterocycles. The highest BCUT2D eigenvalue weighted by Gasteiger charge is 2.19. The molecule has 0 unspecified atom stereocenters. The first kappa shape index (κ1) is 16.9. The van der Waals surface area contributed by atoms with Crippen molar-refractivity contribution in [1.82, 2.24) is 4.90 Å². The third-order valence-electron chi connectivity index (χ3n) is 4.09. The molecule has 1 aliphatic heterocycles. The van der Waals surface area contributed by atoms with Gasteiger partial charge < -0.3 is 19.9 Å². The van der Waals surface area contributed by atoms with E-state index >= 15 is 0 Å². The number of hydrogen-bond acceptors (Lipinski definition) is 3. The Balaban J connectivity index is 1.61. The number of nitrogens with zero attached hydrogens (tertiary/aromatic N) is 2. The molecule has 24 heavy (non-hydrogen) atoms. The fourth-order valence-corrected chi connectivity index (χ4v) is 3.24. The maximum absolute atomic E-state index is 6.07. The van der Waals surface area contributed by atoms with Gasteiger partial charge in [0.1, 0.15) is 5.75 Å². The molecule has 2 aromatic carbocycles. The number of nitrogens with one attached hydrogen (secondary N) is 1. The third-order valence-corrected chi connectivity index (χ3v) is 4.69. The molecule has 1 heterocycles. The lowest BCUT2D eigenvalue weighted by molar-refractivity contribution is 0.390. The maximum atomic E-state index is 6.07. The fraction of sp³-hybridized carbons (Fsp3) is 0.278. The molecule has 2 aromatic rings. The summed E-state index contributed by atoms with van der Waals surface area (Å²) in [5, 5.41) is 4.60. The molecule has 126 valence electrons. The number of anilines is 2. The topological polar surface area (TPSA) is 27.7 Å². The van der Waals surface area contributed by atoms with Gasteiger partial charge >= 0.3 is 0 Å². The zero-order chi connectivity index (χ0) is 16.9. The van der Waals surface area contributed by atoms with Gasteiger partial charge in [-0.25, -0.2) is 0 Å². The van der Waals surface area contributed by atoms with Gasteiger partial charge in [-0.15, -0.1) is 0 Å². The van der Waals surface area contributed by atoms with Gasteiger partial charge in [0.05, 0.1) is 12.8 Å². The van der Waals surface area contributed by atoms with E-state index in [1.807, 2.05) is 18.2 Å². The zero-order valence-electron chi connectivity index (χ0n) is 13.5. The number of ether oxygens (including phenoxy) is 1. The summed E-state index contributed by atoms with van der Waals surface area (Å²) in [4.78, 5) is 4.55. The number of hydrogen-bond donors (Lipinski definition) is 1. The molecule has 0 bridgehead atoms. The molecule has 6 heteroatoms. The van der Waals surface area contributed by atoms with Crippen LogP contribution in [0.4, 0.5) is 11.4 Å². The standard InChI is InChI=1S/C18H20ClN3OS/c1-23-17-8-7-14(19)13-16(17)20-18(24)22-11-9-21(10-12-22)15-5-3-2-4-6-15/h2-8,13H,9-12H2,1H3,(H,20,24). The summed E-state index contributed by atoms with van der Waals surface area (Å²) in [6.45, 7) is 3.64. The fourth-order valence-electron chi connectivity index (χ4n) is 2.78. The van der Waals surface area contributed by atoms with Crippen LogP contribution in [0.2, 0.25) is 5.02 Å². The van der Waals surface area contributed by atoms with E-state index in [0.717, 1.165) is 37.6 Å². The molecule has 0 radical (unpaired) electrons. The van der Waals surface area contributed by atoms with Crippen LogP contribution in [-0.2, 0) is 0 Å². The van der Waals surface area contributed by atoms with E-state index < -0.39 is 0 Å². The van der Waals surface area contributed by atoms with Crippen molar-refractivity contribution in [1.29, 1.82) is 0 Å². The molecule has 1 saturated heterocycles. The maximum Gasteiger partial charge on any atom is 0.173 e. The first-order valence-corrected chi connectivity index (χ1v) is 8.65. The van der Waals surface area contributed by atoms with Gasteiger partial charge in [0.15, 0.2) is 5.11 Å². The molecule has 3 rings (SSSR count). The second kappa shape index (κ2) is 7.73. The van der Waals surface area contributed by atoms with E-state index in [-0.39, 0.29) is 0 Å². The van der Waals surface area contributed by atoms with Crippen molar-refractivity contribution in [2.24, 2.45) is 0 Å². The average molecular weight is 362 g/mol. The summed E-state index contributed by atoms with van der Waals surface area (Å²) < 4.78 is 5.36. The first-order chi connectivity index (χ1) is 11.7. The summed E-state index contributed by atoms with van der Waals surface area (Å²) in [5.74, 6) is 0.727. The third kappa shape index (κ3) is 3.91. The molecular formula is C18H20ClN3OS. The molecule has 0 saturated carbocycles. The quantitative estimate of drug-likeness (QED) is 0.838. The van der Waals surface area contributed by atoms with E-state index in [0.29, 0.717) is 10.1 Å². The first-order valence-electron chi connectivity index (χ1n) is 7.87. The SMILES string of the molecule is COc1ccc(Cl)cc1NC(=S)N1CCN(c2ccccc2)CC1. The van der Waals surface area contributed by atoms with E-state index in [1.54, 1.807) is 13.2 Å². The van der Waals surface area contributed by atoms with Crippen molar-refractivity contribution < 1.29 is 4.74 Å². The molecule has 0 amide bonds. The molecule has 4 nitrogen and oxygen atoms in total. The Hall–Kier alpha value is -1.98. The van der Waals surface area contributed by atoms with E-state index in [9.17, 15) is 0 Å². The van der Waals surface area contributed by atoms with Crippen LogP contribution >= 0.6 is 23.8 Å². The van der Waals surface area contributed by atoms with Gasteiger partial charge in [-0.2, -0.15) is 0 Å². The summed E-state index contributed by atoms with van der Waals surface area (Å²) in [5.41, 5.74) is 2.05. The molecule has 0 aliphatic carbocycles. The lowest BCUT2D eigenvalue weighted by Crippen LogP contribution is -2.50. The number of thiocarbonyl (C=S) groups is 1. The predicted molar refractivity (Wildman–Crippen MR) is 104 cm³/mol. The highest BCUT2D eigenvalue weighted by Crippen LogP contribution is 2.28. The lowest BCUT2D eigenvalue weighted by Gasteiger charge is -2.37. The Kier molecular flexibility index (Phi) is 5.43. The Labute approximate surface area is 153 Å². The van der Waals surface area contributed by atoms with Crippen LogP contribution in [0.25, 0.3) is 0 Å². The van der Waals surface area contributed by atoms with E-state index in [2.05, 4.69) is 39.4 Å². The summed E-state index contributed by atoms with van der Waals surface area (Å²) >= 11 is 11.6.